The summed E-state index contributed by atoms with van der Waals surface area (Å²) in [5.74, 6) is 2.00. The Labute approximate surface area is 295 Å². The largest absolute Gasteiger partial charge is 0.494 e. The van der Waals surface area contributed by atoms with E-state index in [1.165, 1.54) is 55.6 Å². The third kappa shape index (κ3) is 7.96. The Balaban J connectivity index is 1.21. The van der Waals surface area contributed by atoms with E-state index in [1.807, 2.05) is 24.1 Å². The molecule has 2 aliphatic rings. The Bertz CT molecular complexity index is 1700. The normalized spacial score (nSPS) is 16.5. The molecule has 0 aliphatic carbocycles. The first-order valence-electron chi connectivity index (χ1n) is 17.0. The van der Waals surface area contributed by atoms with E-state index < -0.39 is 0 Å². The van der Waals surface area contributed by atoms with Crippen molar-refractivity contribution in [1.29, 1.82) is 0 Å². The number of nitrogens with one attached hydrogen (secondary N) is 2. The van der Waals surface area contributed by atoms with Gasteiger partial charge in [0.05, 0.1) is 23.5 Å². The van der Waals surface area contributed by atoms with Gasteiger partial charge < -0.3 is 25.2 Å². The molecule has 0 atom stereocenters. The van der Waals surface area contributed by atoms with Gasteiger partial charge in [-0.25, -0.2) is 4.98 Å². The van der Waals surface area contributed by atoms with E-state index in [0.717, 1.165) is 58.7 Å². The third-order valence-electron chi connectivity index (χ3n) is 9.54. The van der Waals surface area contributed by atoms with E-state index >= 15 is 0 Å². The van der Waals surface area contributed by atoms with Gasteiger partial charge in [0, 0.05) is 87.8 Å². The summed E-state index contributed by atoms with van der Waals surface area (Å²) in [7, 11) is 5.52. The minimum Gasteiger partial charge on any atom is -0.494 e. The highest BCUT2D eigenvalue weighted by Crippen LogP contribution is 2.38. The van der Waals surface area contributed by atoms with Gasteiger partial charge in [0.15, 0.2) is 0 Å². The fourth-order valence-electron chi connectivity index (χ4n) is 6.82. The number of nitrogens with zero attached hydrogens (tertiary/aromatic N) is 7. The van der Waals surface area contributed by atoms with Gasteiger partial charge in [-0.2, -0.15) is 10.1 Å². The van der Waals surface area contributed by atoms with Gasteiger partial charge in [0.2, 0.25) is 5.95 Å². The number of hydrogen-bond acceptors (Lipinski definition) is 9. The van der Waals surface area contributed by atoms with Crippen molar-refractivity contribution in [3.63, 3.8) is 0 Å². The van der Waals surface area contributed by atoms with Gasteiger partial charge in [-0.3, -0.25) is 9.58 Å². The van der Waals surface area contributed by atoms with Crippen LogP contribution in [-0.4, -0.2) is 102 Å². The summed E-state index contributed by atoms with van der Waals surface area (Å²) in [5.41, 5.74) is 6.78. The van der Waals surface area contributed by atoms with E-state index in [1.54, 1.807) is 13.3 Å². The van der Waals surface area contributed by atoms with Crippen molar-refractivity contribution in [2.75, 3.05) is 82.3 Å². The van der Waals surface area contributed by atoms with Crippen LogP contribution in [0, 0.1) is 0 Å². The Morgan fingerprint density at radius 1 is 0.938 bits per heavy atom. The number of aryl methyl sites for hydroxylation is 2. The van der Waals surface area contributed by atoms with Gasteiger partial charge in [-0.1, -0.05) is 27.3 Å². The average molecular weight is 735 g/mol. The van der Waals surface area contributed by atoms with Crippen molar-refractivity contribution in [3.05, 3.63) is 59.0 Å². The van der Waals surface area contributed by atoms with Crippen LogP contribution in [0.4, 0.5) is 28.8 Å². The van der Waals surface area contributed by atoms with Crippen LogP contribution < -0.4 is 25.6 Å². The lowest BCUT2D eigenvalue weighted by Crippen LogP contribution is -2.52. The monoisotopic (exact) mass is 733 g/mol. The molecular weight excluding hydrogens is 685 g/mol. The van der Waals surface area contributed by atoms with Crippen molar-refractivity contribution in [3.8, 4) is 16.9 Å². The number of anilines is 5. The van der Waals surface area contributed by atoms with Gasteiger partial charge >= 0.3 is 0 Å². The van der Waals surface area contributed by atoms with Crippen molar-refractivity contribution in [2.45, 2.75) is 38.6 Å². The summed E-state index contributed by atoms with van der Waals surface area (Å²) in [6, 6.07) is 11.7. The molecule has 0 saturated carbocycles. The van der Waals surface area contributed by atoms with E-state index in [4.69, 9.17) is 9.72 Å². The lowest BCUT2D eigenvalue weighted by molar-refractivity contribution is 0.0982. The molecular formula is C36H49BrN9OP. The first-order chi connectivity index (χ1) is 23.2. The van der Waals surface area contributed by atoms with Crippen molar-refractivity contribution >= 4 is 58.0 Å². The van der Waals surface area contributed by atoms with Crippen LogP contribution in [0.25, 0.3) is 11.1 Å². The highest BCUT2D eigenvalue weighted by Gasteiger charge is 2.28. The van der Waals surface area contributed by atoms with Crippen LogP contribution >= 0.6 is 23.9 Å². The summed E-state index contributed by atoms with van der Waals surface area (Å²) >= 11 is 3.68. The molecule has 10 nitrogen and oxygen atoms in total. The summed E-state index contributed by atoms with van der Waals surface area (Å²) in [6.45, 7) is 13.6. The summed E-state index contributed by atoms with van der Waals surface area (Å²) in [4.78, 5) is 17.2. The maximum absolute atomic E-state index is 5.96. The molecule has 2 fully saturated rings. The van der Waals surface area contributed by atoms with Crippen LogP contribution in [-0.2, 0) is 13.5 Å². The van der Waals surface area contributed by atoms with Crippen LogP contribution in [0.5, 0.6) is 5.75 Å². The van der Waals surface area contributed by atoms with Crippen LogP contribution in [0.3, 0.4) is 0 Å². The standard InChI is InChI=1S/C36H49BrN9OP/c1-7-8-26-19-31(33(47-4)21-32(26)46-13-11-28(12-14-46)45-17-15-43(2)16-18-45)41-36-38-23-29(37)35(42-36)40-30-10-9-25(20-34(30)48(5)6)27-22-39-44(3)24-27/h9-10,19-24,28H,7-8,11-18H2,1-6H3,(H2,38,40,41,42). The van der Waals surface area contributed by atoms with Gasteiger partial charge in [-0.15, -0.1) is 0 Å². The smallest absolute Gasteiger partial charge is 0.229 e. The number of likely N-dealkylation sites (N-methyl/N-ethyl adjacent to an activating group) is 1. The summed E-state index contributed by atoms with van der Waals surface area (Å²) in [6.07, 6.45) is 10.2. The molecule has 0 unspecified atom stereocenters. The molecule has 2 aromatic heterocycles. The minimum absolute atomic E-state index is 0.389. The van der Waals surface area contributed by atoms with E-state index in [0.29, 0.717) is 17.8 Å². The Morgan fingerprint density at radius 2 is 1.71 bits per heavy atom. The number of aromatic nitrogens is 4. The van der Waals surface area contributed by atoms with Gasteiger partial charge in [-0.05, 0) is 90.2 Å². The molecule has 6 rings (SSSR count). The first kappa shape index (κ1) is 34.6. The second kappa shape index (κ2) is 15.5. The fourth-order valence-corrected chi connectivity index (χ4v) is 8.12. The predicted molar refractivity (Wildman–Crippen MR) is 205 cm³/mol. The fraction of sp³-hybridized carbons (Fsp3) is 0.472. The molecule has 2 N–H and O–H groups in total. The minimum atomic E-state index is -0.389. The van der Waals surface area contributed by atoms with Gasteiger partial charge in [0.1, 0.15) is 11.6 Å². The van der Waals surface area contributed by atoms with Crippen molar-refractivity contribution < 1.29 is 4.74 Å². The zero-order valence-corrected chi connectivity index (χ0v) is 31.6. The number of ether oxygens (including phenoxy) is 1. The van der Waals surface area contributed by atoms with Crippen LogP contribution in [0.2, 0.25) is 0 Å². The molecule has 0 spiro atoms. The number of halogens is 1. The quantitative estimate of drug-likeness (QED) is 0.164. The van der Waals surface area contributed by atoms with Crippen molar-refractivity contribution in [2.24, 2.45) is 7.05 Å². The predicted octanol–water partition coefficient (Wildman–Crippen LogP) is 6.67. The molecule has 48 heavy (non-hydrogen) atoms. The summed E-state index contributed by atoms with van der Waals surface area (Å²) in [5, 5.41) is 12.7. The zero-order chi connectivity index (χ0) is 33.8. The number of rotatable bonds is 11. The topological polar surface area (TPSA) is 86.6 Å². The highest BCUT2D eigenvalue weighted by atomic mass is 79.9. The van der Waals surface area contributed by atoms with Gasteiger partial charge in [0.25, 0.3) is 0 Å². The molecule has 2 saturated heterocycles. The van der Waals surface area contributed by atoms with E-state index in [2.05, 4.69) is 109 Å². The highest BCUT2D eigenvalue weighted by molar-refractivity contribution is 9.10. The number of piperidine rings is 1. The zero-order valence-electron chi connectivity index (χ0n) is 29.1. The van der Waals surface area contributed by atoms with E-state index in [-0.39, 0.29) is 7.92 Å². The second-order valence-electron chi connectivity index (χ2n) is 13.2. The maximum atomic E-state index is 5.96. The second-order valence-corrected chi connectivity index (χ2v) is 16.3. The Hall–Kier alpha value is -3.24. The molecule has 12 heteroatoms. The molecule has 0 radical (unpaired) electrons. The molecule has 2 aromatic carbocycles. The SMILES string of the molecule is CCCc1cc(Nc2ncc(Br)c(Nc3ccc(-c4cnn(C)c4)cc3P(C)C)n2)c(OC)cc1N1CCC(N2CCN(C)CC2)CC1. The average Bonchev–Trinajstić information content (AvgIpc) is 3.53. The molecule has 0 bridgehead atoms. The number of hydrogen-bond donors (Lipinski definition) is 2. The van der Waals surface area contributed by atoms with Crippen LogP contribution in [0.15, 0.2) is 53.4 Å². The van der Waals surface area contributed by atoms with Crippen LogP contribution in [0.1, 0.15) is 31.7 Å². The third-order valence-corrected chi connectivity index (χ3v) is 11.5. The maximum Gasteiger partial charge on any atom is 0.229 e. The Kier molecular flexibility index (Phi) is 11.2. The number of benzene rings is 2. The molecule has 4 aromatic rings. The number of piperazine rings is 1. The summed E-state index contributed by atoms with van der Waals surface area (Å²) < 4.78 is 8.59. The van der Waals surface area contributed by atoms with E-state index in [9.17, 15) is 0 Å². The first-order valence-corrected chi connectivity index (χ1v) is 20.0. The molecule has 4 heterocycles. The molecule has 0 amide bonds. The lowest BCUT2D eigenvalue weighted by atomic mass is 9.99. The molecule has 2 aliphatic heterocycles. The number of methoxy groups -OCH3 is 1. The van der Waals surface area contributed by atoms with Crippen molar-refractivity contribution in [1.82, 2.24) is 29.5 Å². The lowest BCUT2D eigenvalue weighted by Gasteiger charge is -2.43. The molecule has 256 valence electrons. The Morgan fingerprint density at radius 3 is 2.38 bits per heavy atom.